The van der Waals surface area contributed by atoms with Crippen LogP contribution in [0.4, 0.5) is 0 Å². The maximum Gasteiger partial charge on any atom is 0.175 e. The zero-order valence-electron chi connectivity index (χ0n) is 11.1. The van der Waals surface area contributed by atoms with Crippen molar-refractivity contribution in [3.05, 3.63) is 35.7 Å². The molecule has 6 heteroatoms. The van der Waals surface area contributed by atoms with E-state index in [-0.39, 0.29) is 0 Å². The summed E-state index contributed by atoms with van der Waals surface area (Å²) >= 11 is 6.03. The molecule has 102 valence electrons. The monoisotopic (exact) mass is 280 g/mol. The molecule has 1 heterocycles. The van der Waals surface area contributed by atoms with Crippen LogP contribution in [-0.2, 0) is 19.9 Å². The van der Waals surface area contributed by atoms with Gasteiger partial charge in [-0.05, 0) is 35.2 Å². The van der Waals surface area contributed by atoms with Crippen LogP contribution in [0.3, 0.4) is 0 Å². The molecule has 0 fully saturated rings. The Labute approximate surface area is 117 Å². The van der Waals surface area contributed by atoms with Gasteiger partial charge in [0.05, 0.1) is 14.2 Å². The Balaban J connectivity index is 1.97. The number of methoxy groups -OCH3 is 1. The van der Waals surface area contributed by atoms with Crippen LogP contribution < -0.4 is 4.74 Å². The molecule has 0 N–H and O–H groups in total. The molecule has 0 amide bonds. The van der Waals surface area contributed by atoms with Gasteiger partial charge in [-0.1, -0.05) is 12.1 Å². The van der Waals surface area contributed by atoms with Crippen molar-refractivity contribution in [3.63, 3.8) is 0 Å². The van der Waals surface area contributed by atoms with Crippen LogP contribution in [-0.4, -0.2) is 33.2 Å². The van der Waals surface area contributed by atoms with E-state index in [0.29, 0.717) is 11.8 Å². The van der Waals surface area contributed by atoms with Gasteiger partial charge in [-0.25, -0.2) is 0 Å². The lowest BCUT2D eigenvalue weighted by molar-refractivity contribution is 0.414. The van der Waals surface area contributed by atoms with E-state index in [9.17, 15) is 0 Å². The van der Waals surface area contributed by atoms with Gasteiger partial charge in [0.15, 0.2) is 5.82 Å². The molecule has 0 radical (unpaired) electrons. The van der Waals surface area contributed by atoms with Gasteiger partial charge in [-0.3, -0.25) is 0 Å². The lowest BCUT2D eigenvalue weighted by Gasteiger charge is -2.12. The minimum atomic E-state index is 0.305. The summed E-state index contributed by atoms with van der Waals surface area (Å²) in [5, 5.41) is 12.0. The number of aromatic nitrogens is 4. The molecule has 0 spiro atoms. The standard InChI is InChI=1S/C13H17ClN4O/c1-18-16-13(15-17-18)8-11(9-14)7-10-3-5-12(19-2)6-4-10/h3-6,11H,7-9H2,1-2H3. The van der Waals surface area contributed by atoms with Crippen molar-refractivity contribution in [1.82, 2.24) is 20.2 Å². The van der Waals surface area contributed by atoms with Gasteiger partial charge in [0.2, 0.25) is 0 Å². The second-order valence-electron chi connectivity index (χ2n) is 4.47. The van der Waals surface area contributed by atoms with Gasteiger partial charge in [0.1, 0.15) is 5.75 Å². The molecule has 2 rings (SSSR count). The average Bonchev–Trinajstić information content (AvgIpc) is 2.84. The van der Waals surface area contributed by atoms with E-state index >= 15 is 0 Å². The van der Waals surface area contributed by atoms with E-state index in [0.717, 1.165) is 24.4 Å². The smallest absolute Gasteiger partial charge is 0.175 e. The van der Waals surface area contributed by atoms with E-state index in [1.807, 2.05) is 12.1 Å². The highest BCUT2D eigenvalue weighted by Gasteiger charge is 2.13. The third-order valence-electron chi connectivity index (χ3n) is 2.92. The van der Waals surface area contributed by atoms with Crippen molar-refractivity contribution in [2.45, 2.75) is 12.8 Å². The van der Waals surface area contributed by atoms with Crippen LogP contribution in [0.15, 0.2) is 24.3 Å². The van der Waals surface area contributed by atoms with Crippen LogP contribution in [0, 0.1) is 5.92 Å². The van der Waals surface area contributed by atoms with Crippen molar-refractivity contribution >= 4 is 11.6 Å². The van der Waals surface area contributed by atoms with Gasteiger partial charge in [0, 0.05) is 12.3 Å². The van der Waals surface area contributed by atoms with Crippen LogP contribution in [0.5, 0.6) is 5.75 Å². The highest BCUT2D eigenvalue weighted by molar-refractivity contribution is 6.18. The van der Waals surface area contributed by atoms with E-state index in [2.05, 4.69) is 27.5 Å². The number of benzene rings is 1. The molecular weight excluding hydrogens is 264 g/mol. The fourth-order valence-corrected chi connectivity index (χ4v) is 2.16. The summed E-state index contributed by atoms with van der Waals surface area (Å²) in [5.41, 5.74) is 1.23. The number of hydrogen-bond donors (Lipinski definition) is 0. The van der Waals surface area contributed by atoms with E-state index in [1.165, 1.54) is 10.4 Å². The van der Waals surface area contributed by atoms with Crippen LogP contribution in [0.2, 0.25) is 0 Å². The first-order valence-corrected chi connectivity index (χ1v) is 6.66. The first-order valence-electron chi connectivity index (χ1n) is 6.13. The number of halogens is 1. The summed E-state index contributed by atoms with van der Waals surface area (Å²) in [6.45, 7) is 0. The van der Waals surface area contributed by atoms with Crippen molar-refractivity contribution in [2.24, 2.45) is 13.0 Å². The molecule has 0 aliphatic carbocycles. The number of tetrazole rings is 1. The first kappa shape index (κ1) is 13.8. The van der Waals surface area contributed by atoms with E-state index < -0.39 is 0 Å². The number of ether oxygens (including phenoxy) is 1. The van der Waals surface area contributed by atoms with Crippen LogP contribution >= 0.6 is 11.6 Å². The lowest BCUT2D eigenvalue weighted by Crippen LogP contribution is -2.11. The number of nitrogens with zero attached hydrogens (tertiary/aromatic N) is 4. The van der Waals surface area contributed by atoms with Gasteiger partial charge in [-0.15, -0.1) is 21.8 Å². The molecule has 1 unspecified atom stereocenters. The molecule has 0 bridgehead atoms. The molecule has 19 heavy (non-hydrogen) atoms. The molecule has 1 atom stereocenters. The summed E-state index contributed by atoms with van der Waals surface area (Å²) in [5.74, 6) is 2.48. The predicted octanol–water partition coefficient (Wildman–Crippen LogP) is 1.86. The summed E-state index contributed by atoms with van der Waals surface area (Å²) in [7, 11) is 3.42. The first-order chi connectivity index (χ1) is 9.21. The molecule has 1 aromatic heterocycles. The fraction of sp³-hybridized carbons (Fsp3) is 0.462. The van der Waals surface area contributed by atoms with Crippen molar-refractivity contribution in [3.8, 4) is 5.75 Å². The molecule has 0 aliphatic rings. The van der Waals surface area contributed by atoms with Gasteiger partial charge < -0.3 is 4.74 Å². The summed E-state index contributed by atoms with van der Waals surface area (Å²) in [6.07, 6.45) is 1.63. The second kappa shape index (κ2) is 6.52. The van der Waals surface area contributed by atoms with Gasteiger partial charge >= 0.3 is 0 Å². The zero-order chi connectivity index (χ0) is 13.7. The molecule has 0 aliphatic heterocycles. The Morgan fingerprint density at radius 1 is 1.26 bits per heavy atom. The van der Waals surface area contributed by atoms with Crippen molar-refractivity contribution in [1.29, 1.82) is 0 Å². The highest BCUT2D eigenvalue weighted by Crippen LogP contribution is 2.17. The maximum absolute atomic E-state index is 6.03. The SMILES string of the molecule is COc1ccc(CC(CCl)Cc2nnn(C)n2)cc1. The van der Waals surface area contributed by atoms with Crippen molar-refractivity contribution < 1.29 is 4.74 Å². The molecular formula is C13H17ClN4O. The van der Waals surface area contributed by atoms with Crippen molar-refractivity contribution in [2.75, 3.05) is 13.0 Å². The minimum Gasteiger partial charge on any atom is -0.497 e. The average molecular weight is 281 g/mol. The molecule has 2 aromatic rings. The number of rotatable bonds is 6. The third kappa shape index (κ3) is 3.92. The Bertz CT molecular complexity index is 512. The molecule has 1 aromatic carbocycles. The quantitative estimate of drug-likeness (QED) is 0.758. The predicted molar refractivity (Wildman–Crippen MR) is 73.4 cm³/mol. The van der Waals surface area contributed by atoms with Gasteiger partial charge in [-0.2, -0.15) is 4.80 Å². The number of hydrogen-bond acceptors (Lipinski definition) is 4. The Kier molecular flexibility index (Phi) is 4.74. The normalized spacial score (nSPS) is 12.4. The fourth-order valence-electron chi connectivity index (χ4n) is 1.94. The van der Waals surface area contributed by atoms with E-state index in [1.54, 1.807) is 14.2 Å². The topological polar surface area (TPSA) is 52.8 Å². The zero-order valence-corrected chi connectivity index (χ0v) is 11.8. The summed E-state index contributed by atoms with van der Waals surface area (Å²) < 4.78 is 5.14. The minimum absolute atomic E-state index is 0.305. The van der Waals surface area contributed by atoms with Crippen LogP contribution in [0.1, 0.15) is 11.4 Å². The van der Waals surface area contributed by atoms with E-state index in [4.69, 9.17) is 16.3 Å². The Morgan fingerprint density at radius 2 is 2.00 bits per heavy atom. The lowest BCUT2D eigenvalue weighted by atomic mass is 9.97. The maximum atomic E-state index is 6.03. The highest BCUT2D eigenvalue weighted by atomic mass is 35.5. The number of aryl methyl sites for hydroxylation is 1. The van der Waals surface area contributed by atoms with Gasteiger partial charge in [0.25, 0.3) is 0 Å². The largest absolute Gasteiger partial charge is 0.497 e. The third-order valence-corrected chi connectivity index (χ3v) is 3.36. The number of alkyl halides is 1. The molecule has 5 nitrogen and oxygen atoms in total. The molecule has 0 saturated carbocycles. The Morgan fingerprint density at radius 3 is 2.53 bits per heavy atom. The van der Waals surface area contributed by atoms with Crippen LogP contribution in [0.25, 0.3) is 0 Å². The summed E-state index contributed by atoms with van der Waals surface area (Å²) in [6, 6.07) is 8.04. The summed E-state index contributed by atoms with van der Waals surface area (Å²) in [4.78, 5) is 1.47. The molecule has 0 saturated heterocycles. The second-order valence-corrected chi connectivity index (χ2v) is 4.78. The Hall–Kier alpha value is -1.62.